The molecule has 1 aromatic carbocycles. The van der Waals surface area contributed by atoms with Crippen molar-refractivity contribution in [2.24, 2.45) is 11.7 Å². The molecule has 0 saturated heterocycles. The van der Waals surface area contributed by atoms with Crippen LogP contribution >= 0.6 is 12.4 Å². The molecule has 0 fully saturated rings. The van der Waals surface area contributed by atoms with Gasteiger partial charge in [0.05, 0.1) is 11.0 Å². The largest absolute Gasteiger partial charge is 0.349 e. The lowest BCUT2D eigenvalue weighted by molar-refractivity contribution is -0.384. The van der Waals surface area contributed by atoms with Crippen molar-refractivity contribution in [1.29, 1.82) is 0 Å². The van der Waals surface area contributed by atoms with Gasteiger partial charge in [-0.2, -0.15) is 0 Å². The Morgan fingerprint density at radius 2 is 1.95 bits per heavy atom. The SMILES string of the molecule is CC(NC(=O)C(C)C(C)N)c1cccc([N+](=O)[O-])c1.Cl. The van der Waals surface area contributed by atoms with Gasteiger partial charge in [-0.15, -0.1) is 12.4 Å². The van der Waals surface area contributed by atoms with Crippen molar-refractivity contribution in [3.63, 3.8) is 0 Å². The molecule has 0 aliphatic heterocycles. The standard InChI is InChI=1S/C13H19N3O3.ClH/c1-8(9(2)14)13(17)15-10(3)11-5-4-6-12(7-11)16(18)19;/h4-10H,14H2,1-3H3,(H,15,17);1H. The maximum absolute atomic E-state index is 11.9. The Bertz CT molecular complexity index is 480. The summed E-state index contributed by atoms with van der Waals surface area (Å²) >= 11 is 0. The van der Waals surface area contributed by atoms with Crippen LogP contribution in [-0.2, 0) is 4.79 Å². The van der Waals surface area contributed by atoms with Crippen LogP contribution in [0.15, 0.2) is 24.3 Å². The topological polar surface area (TPSA) is 98.3 Å². The van der Waals surface area contributed by atoms with E-state index in [1.807, 2.05) is 0 Å². The van der Waals surface area contributed by atoms with Gasteiger partial charge in [0.25, 0.3) is 5.69 Å². The third kappa shape index (κ3) is 4.79. The second-order valence-electron chi connectivity index (χ2n) is 4.73. The summed E-state index contributed by atoms with van der Waals surface area (Å²) in [6, 6.07) is 5.69. The number of hydrogen-bond donors (Lipinski definition) is 2. The Morgan fingerprint density at radius 1 is 1.35 bits per heavy atom. The molecular weight excluding hydrogens is 282 g/mol. The number of nitrogens with two attached hydrogens (primary N) is 1. The molecule has 3 unspecified atom stereocenters. The highest BCUT2D eigenvalue weighted by Crippen LogP contribution is 2.19. The van der Waals surface area contributed by atoms with Crippen LogP contribution in [0.3, 0.4) is 0 Å². The predicted molar refractivity (Wildman–Crippen MR) is 79.7 cm³/mol. The van der Waals surface area contributed by atoms with Crippen molar-refractivity contribution in [2.45, 2.75) is 32.9 Å². The Labute approximate surface area is 124 Å². The zero-order chi connectivity index (χ0) is 14.6. The van der Waals surface area contributed by atoms with Gasteiger partial charge in [-0.25, -0.2) is 0 Å². The van der Waals surface area contributed by atoms with Gasteiger partial charge in [0.15, 0.2) is 0 Å². The third-order valence-electron chi connectivity index (χ3n) is 3.14. The summed E-state index contributed by atoms with van der Waals surface area (Å²) in [6.07, 6.45) is 0. The number of non-ortho nitro benzene ring substituents is 1. The van der Waals surface area contributed by atoms with E-state index in [1.165, 1.54) is 12.1 Å². The number of nitrogens with one attached hydrogen (secondary N) is 1. The Balaban J connectivity index is 0.00000361. The molecule has 0 saturated carbocycles. The lowest BCUT2D eigenvalue weighted by atomic mass is 10.0. The number of nitro groups is 1. The second-order valence-corrected chi connectivity index (χ2v) is 4.73. The molecule has 0 aliphatic rings. The molecule has 7 heteroatoms. The summed E-state index contributed by atoms with van der Waals surface area (Å²) in [5.41, 5.74) is 6.37. The van der Waals surface area contributed by atoms with E-state index in [0.717, 1.165) is 0 Å². The highest BCUT2D eigenvalue weighted by molar-refractivity contribution is 5.85. The minimum atomic E-state index is -0.456. The van der Waals surface area contributed by atoms with Crippen molar-refractivity contribution >= 4 is 24.0 Å². The lowest BCUT2D eigenvalue weighted by Gasteiger charge is -2.19. The van der Waals surface area contributed by atoms with Crippen molar-refractivity contribution in [3.8, 4) is 0 Å². The summed E-state index contributed by atoms with van der Waals surface area (Å²) in [4.78, 5) is 22.1. The van der Waals surface area contributed by atoms with Gasteiger partial charge in [-0.3, -0.25) is 14.9 Å². The van der Waals surface area contributed by atoms with E-state index in [4.69, 9.17) is 5.73 Å². The van der Waals surface area contributed by atoms with Crippen molar-refractivity contribution in [2.75, 3.05) is 0 Å². The molecule has 1 amide bonds. The molecule has 0 spiro atoms. The first-order valence-electron chi connectivity index (χ1n) is 6.13. The molecule has 0 aromatic heterocycles. The summed E-state index contributed by atoms with van der Waals surface area (Å²) in [5.74, 6) is -0.463. The molecule has 0 radical (unpaired) electrons. The molecule has 0 bridgehead atoms. The first-order valence-corrected chi connectivity index (χ1v) is 6.13. The maximum atomic E-state index is 11.9. The maximum Gasteiger partial charge on any atom is 0.269 e. The predicted octanol–water partition coefficient (Wildman–Crippen LogP) is 2.18. The molecule has 1 rings (SSSR count). The van der Waals surface area contributed by atoms with Gasteiger partial charge in [0, 0.05) is 24.1 Å². The van der Waals surface area contributed by atoms with E-state index >= 15 is 0 Å². The minimum absolute atomic E-state index is 0. The van der Waals surface area contributed by atoms with E-state index in [1.54, 1.807) is 32.9 Å². The number of rotatable bonds is 5. The van der Waals surface area contributed by atoms with Gasteiger partial charge < -0.3 is 11.1 Å². The van der Waals surface area contributed by atoms with E-state index in [2.05, 4.69) is 5.32 Å². The van der Waals surface area contributed by atoms with Crippen LogP contribution in [-0.4, -0.2) is 16.9 Å². The van der Waals surface area contributed by atoms with Crippen LogP contribution in [0.25, 0.3) is 0 Å². The first-order chi connectivity index (χ1) is 8.82. The number of hydrogen-bond acceptors (Lipinski definition) is 4. The van der Waals surface area contributed by atoms with E-state index < -0.39 is 4.92 Å². The second kappa shape index (κ2) is 7.81. The molecule has 1 aromatic rings. The fourth-order valence-corrected chi connectivity index (χ4v) is 1.57. The summed E-state index contributed by atoms with van der Waals surface area (Å²) < 4.78 is 0. The van der Waals surface area contributed by atoms with Gasteiger partial charge in [0.2, 0.25) is 5.91 Å². The fraction of sp³-hybridized carbons (Fsp3) is 0.462. The molecule has 0 heterocycles. The number of halogens is 1. The minimum Gasteiger partial charge on any atom is -0.349 e. The van der Waals surface area contributed by atoms with Gasteiger partial charge in [-0.1, -0.05) is 19.1 Å². The zero-order valence-electron chi connectivity index (χ0n) is 11.7. The van der Waals surface area contributed by atoms with Crippen LogP contribution in [0.2, 0.25) is 0 Å². The monoisotopic (exact) mass is 301 g/mol. The third-order valence-corrected chi connectivity index (χ3v) is 3.14. The van der Waals surface area contributed by atoms with Crippen LogP contribution in [0.5, 0.6) is 0 Å². The number of benzene rings is 1. The fourth-order valence-electron chi connectivity index (χ4n) is 1.57. The van der Waals surface area contributed by atoms with Gasteiger partial charge in [-0.05, 0) is 19.4 Å². The molecule has 3 atom stereocenters. The molecule has 112 valence electrons. The number of carbonyl (C=O) groups excluding carboxylic acids is 1. The Morgan fingerprint density at radius 3 is 2.45 bits per heavy atom. The quantitative estimate of drug-likeness (QED) is 0.643. The van der Waals surface area contributed by atoms with Crippen LogP contribution in [0.4, 0.5) is 5.69 Å². The summed E-state index contributed by atoms with van der Waals surface area (Å²) in [7, 11) is 0. The summed E-state index contributed by atoms with van der Waals surface area (Å²) in [5, 5.41) is 13.5. The Hall–Kier alpha value is -1.66. The zero-order valence-corrected chi connectivity index (χ0v) is 12.5. The van der Waals surface area contributed by atoms with Gasteiger partial charge in [0.1, 0.15) is 0 Å². The molecule has 20 heavy (non-hydrogen) atoms. The van der Waals surface area contributed by atoms with E-state index in [9.17, 15) is 14.9 Å². The average Bonchev–Trinajstić information content (AvgIpc) is 2.37. The van der Waals surface area contributed by atoms with Crippen LogP contribution in [0, 0.1) is 16.0 Å². The van der Waals surface area contributed by atoms with Crippen LogP contribution < -0.4 is 11.1 Å². The highest BCUT2D eigenvalue weighted by Gasteiger charge is 2.20. The number of amides is 1. The molecule has 3 N–H and O–H groups in total. The van der Waals surface area contributed by atoms with Gasteiger partial charge >= 0.3 is 0 Å². The van der Waals surface area contributed by atoms with E-state index in [0.29, 0.717) is 5.56 Å². The van der Waals surface area contributed by atoms with Crippen LogP contribution in [0.1, 0.15) is 32.4 Å². The first kappa shape index (κ1) is 18.3. The Kier molecular flexibility index (Phi) is 7.17. The highest BCUT2D eigenvalue weighted by atomic mass is 35.5. The summed E-state index contributed by atoms with van der Waals surface area (Å²) in [6.45, 7) is 5.30. The number of nitrogens with zero attached hydrogens (tertiary/aromatic N) is 1. The van der Waals surface area contributed by atoms with Crippen molar-refractivity contribution in [3.05, 3.63) is 39.9 Å². The lowest BCUT2D eigenvalue weighted by Crippen LogP contribution is -2.39. The average molecular weight is 302 g/mol. The molecular formula is C13H20ClN3O3. The van der Waals surface area contributed by atoms with Crippen molar-refractivity contribution < 1.29 is 9.72 Å². The number of nitro benzene ring substituents is 1. The molecule has 6 nitrogen and oxygen atoms in total. The van der Waals surface area contributed by atoms with Crippen molar-refractivity contribution in [1.82, 2.24) is 5.32 Å². The smallest absolute Gasteiger partial charge is 0.269 e. The number of carbonyl (C=O) groups is 1. The molecule has 0 aliphatic carbocycles. The van der Waals surface area contributed by atoms with E-state index in [-0.39, 0.29) is 42.0 Å². The normalized spacial score (nSPS) is 14.6.